The number of hydrogen-bond acceptors (Lipinski definition) is 4. The van der Waals surface area contributed by atoms with Crippen LogP contribution < -0.4 is 9.83 Å². The molecule has 0 saturated carbocycles. The lowest BCUT2D eigenvalue weighted by Crippen LogP contribution is -2.15. The minimum atomic E-state index is -3.54. The molecule has 0 heterocycles. The predicted octanol–water partition coefficient (Wildman–Crippen LogP) is 0.393. The van der Waals surface area contributed by atoms with Gasteiger partial charge >= 0.3 is 0 Å². The van der Waals surface area contributed by atoms with Gasteiger partial charge in [0.25, 0.3) is 0 Å². The number of hydrogen-bond donors (Lipinski definition) is 2. The Morgan fingerprint density at radius 1 is 1.47 bits per heavy atom. The lowest BCUT2D eigenvalue weighted by atomic mass is 10.3. The third kappa shape index (κ3) is 3.51. The normalized spacial score (nSPS) is 10.9. The van der Waals surface area contributed by atoms with Gasteiger partial charge in [0, 0.05) is 6.07 Å². The third-order valence-corrected chi connectivity index (χ3v) is 2.72. The third-order valence-electron chi connectivity index (χ3n) is 1.50. The highest BCUT2D eigenvalue weighted by Gasteiger charge is 2.07. The molecule has 5 nitrogen and oxygen atoms in total. The van der Waals surface area contributed by atoms with E-state index in [0.717, 1.165) is 18.2 Å². The van der Waals surface area contributed by atoms with Gasteiger partial charge in [-0.25, -0.2) is 8.42 Å². The van der Waals surface area contributed by atoms with Gasteiger partial charge in [0.2, 0.25) is 10.0 Å². The van der Waals surface area contributed by atoms with Crippen LogP contribution in [0.4, 0.5) is 5.69 Å². The number of phenols is 1. The Hall–Kier alpha value is -1.69. The molecule has 1 aromatic carbocycles. The molecule has 1 rings (SSSR count). The van der Waals surface area contributed by atoms with E-state index in [9.17, 15) is 13.5 Å². The van der Waals surface area contributed by atoms with Gasteiger partial charge < -0.3 is 10.2 Å². The molecule has 0 spiro atoms. The monoisotopic (exact) mass is 228 g/mol. The first-order valence-electron chi connectivity index (χ1n) is 4.05. The van der Waals surface area contributed by atoms with Crippen molar-refractivity contribution in [2.24, 2.45) is 0 Å². The van der Waals surface area contributed by atoms with Crippen molar-refractivity contribution in [3.63, 3.8) is 0 Å². The molecular weight excluding hydrogens is 218 g/mol. The summed E-state index contributed by atoms with van der Waals surface area (Å²) in [5, 5.41) is 20.0. The van der Waals surface area contributed by atoms with Crippen LogP contribution in [0, 0.1) is 0 Å². The Labute approximate surface area is 87.7 Å². The fourth-order valence-electron chi connectivity index (χ4n) is 1.02. The van der Waals surface area contributed by atoms with Crippen molar-refractivity contribution >= 4 is 15.7 Å². The van der Waals surface area contributed by atoms with Crippen molar-refractivity contribution in [1.82, 2.24) is 0 Å². The quantitative estimate of drug-likeness (QED) is 0.730. The van der Waals surface area contributed by atoms with E-state index in [1.807, 2.05) is 0 Å². The Morgan fingerprint density at radius 2 is 2.13 bits per heavy atom. The molecule has 0 fully saturated rings. The summed E-state index contributed by atoms with van der Waals surface area (Å²) >= 11 is 0. The number of anilines is 1. The van der Waals surface area contributed by atoms with Crippen LogP contribution in [0.3, 0.4) is 0 Å². The average molecular weight is 228 g/mol. The summed E-state index contributed by atoms with van der Waals surface area (Å²) < 4.78 is 24.7. The van der Waals surface area contributed by atoms with Crippen LogP contribution in [0.1, 0.15) is 0 Å². The van der Waals surface area contributed by atoms with Crippen molar-refractivity contribution < 1.29 is 18.6 Å². The van der Waals surface area contributed by atoms with Gasteiger partial charge in [0.05, 0.1) is 11.4 Å². The van der Waals surface area contributed by atoms with Crippen molar-refractivity contribution in [3.8, 4) is 11.5 Å². The number of nitrogens with one attached hydrogen (secondary N) is 1. The van der Waals surface area contributed by atoms with Gasteiger partial charge in [-0.05, 0) is 12.1 Å². The Morgan fingerprint density at radius 3 is 2.67 bits per heavy atom. The predicted molar refractivity (Wildman–Crippen MR) is 55.2 cm³/mol. The summed E-state index contributed by atoms with van der Waals surface area (Å²) in [6.45, 7) is 3.29. The number of phenolic OH excluding ortho intramolecular Hbond substituents is 1. The molecule has 0 aromatic heterocycles. The summed E-state index contributed by atoms with van der Waals surface area (Å²) in [5.41, 5.74) is 0.0434. The second-order valence-electron chi connectivity index (χ2n) is 2.89. The lowest BCUT2D eigenvalue weighted by Gasteiger charge is -2.11. The smallest absolute Gasteiger partial charge is 0.236 e. The van der Waals surface area contributed by atoms with Crippen LogP contribution >= 0.6 is 0 Å². The van der Waals surface area contributed by atoms with Crippen LogP contribution in [0.2, 0.25) is 0 Å². The summed E-state index contributed by atoms with van der Waals surface area (Å²) in [6.07, 6.45) is 1.23. The van der Waals surface area contributed by atoms with Crippen molar-refractivity contribution in [3.05, 3.63) is 30.9 Å². The zero-order valence-corrected chi connectivity index (χ0v) is 8.62. The first-order valence-corrected chi connectivity index (χ1v) is 5.70. The maximum Gasteiger partial charge on any atom is 0.236 e. The molecule has 0 unspecified atom stereocenters. The van der Waals surface area contributed by atoms with Crippen molar-refractivity contribution in [2.75, 3.05) is 10.5 Å². The minimum Gasteiger partial charge on any atom is -0.872 e. The van der Waals surface area contributed by atoms with Crippen molar-refractivity contribution in [2.45, 2.75) is 0 Å². The molecule has 0 saturated heterocycles. The Kier molecular flexibility index (Phi) is 3.21. The zero-order chi connectivity index (χ0) is 11.5. The van der Waals surface area contributed by atoms with E-state index in [1.165, 1.54) is 6.08 Å². The second kappa shape index (κ2) is 4.22. The molecule has 0 aliphatic carbocycles. The van der Waals surface area contributed by atoms with Gasteiger partial charge in [0.15, 0.2) is 0 Å². The molecule has 6 heteroatoms. The molecule has 0 bridgehead atoms. The lowest BCUT2D eigenvalue weighted by molar-refractivity contribution is -0.268. The number of benzene rings is 1. The SMILES string of the molecule is C=CCS(=O)(=O)Nc1cc([O-])cc(O)c1. The maximum absolute atomic E-state index is 11.3. The molecule has 2 N–H and O–H groups in total. The van der Waals surface area contributed by atoms with E-state index in [1.54, 1.807) is 0 Å². The Balaban J connectivity index is 2.94. The van der Waals surface area contributed by atoms with Crippen LogP contribution in [0.15, 0.2) is 30.9 Å². The summed E-state index contributed by atoms with van der Waals surface area (Å²) in [6, 6.07) is 3.23. The van der Waals surface area contributed by atoms with Gasteiger partial charge in [0.1, 0.15) is 5.75 Å². The molecule has 0 amide bonds. The van der Waals surface area contributed by atoms with Crippen LogP contribution in [0.5, 0.6) is 11.5 Å². The summed E-state index contributed by atoms with van der Waals surface area (Å²) in [4.78, 5) is 0. The first-order chi connectivity index (χ1) is 6.93. The summed E-state index contributed by atoms with van der Waals surface area (Å²) in [5.74, 6) is -0.998. The standard InChI is InChI=1S/C9H11NO4S/c1-2-3-15(13,14)10-7-4-8(11)6-9(12)5-7/h2,4-6,10-12H,1,3H2/p-1. The van der Waals surface area contributed by atoms with E-state index in [-0.39, 0.29) is 17.2 Å². The second-order valence-corrected chi connectivity index (χ2v) is 4.65. The molecule has 1 aromatic rings. The molecule has 82 valence electrons. The highest BCUT2D eigenvalue weighted by molar-refractivity contribution is 7.92. The van der Waals surface area contributed by atoms with E-state index in [0.29, 0.717) is 0 Å². The van der Waals surface area contributed by atoms with Gasteiger partial charge in [-0.3, -0.25) is 4.72 Å². The van der Waals surface area contributed by atoms with Crippen LogP contribution in [-0.2, 0) is 10.0 Å². The summed E-state index contributed by atoms with van der Waals surface area (Å²) in [7, 11) is -3.54. The molecule has 0 atom stereocenters. The number of rotatable bonds is 4. The molecule has 0 radical (unpaired) electrons. The fraction of sp³-hybridized carbons (Fsp3) is 0.111. The van der Waals surface area contributed by atoms with E-state index in [2.05, 4.69) is 11.3 Å². The van der Waals surface area contributed by atoms with Crippen molar-refractivity contribution in [1.29, 1.82) is 0 Å². The van der Waals surface area contributed by atoms with E-state index in [4.69, 9.17) is 5.11 Å². The Bertz CT molecular complexity index is 447. The fourth-order valence-corrected chi connectivity index (χ4v) is 1.89. The first kappa shape index (κ1) is 11.4. The van der Waals surface area contributed by atoms with Gasteiger partial charge in [-0.1, -0.05) is 6.08 Å². The van der Waals surface area contributed by atoms with Crippen LogP contribution in [0.25, 0.3) is 0 Å². The van der Waals surface area contributed by atoms with E-state index >= 15 is 0 Å². The maximum atomic E-state index is 11.3. The largest absolute Gasteiger partial charge is 0.872 e. The van der Waals surface area contributed by atoms with E-state index < -0.39 is 15.8 Å². The average Bonchev–Trinajstić information content (AvgIpc) is 1.99. The number of sulfonamides is 1. The van der Waals surface area contributed by atoms with Gasteiger partial charge in [-0.2, -0.15) is 0 Å². The molecule has 0 aliphatic rings. The highest BCUT2D eigenvalue weighted by atomic mass is 32.2. The molecule has 0 aliphatic heterocycles. The van der Waals surface area contributed by atoms with Crippen LogP contribution in [-0.4, -0.2) is 19.3 Å². The molecular formula is C9H10NO4S-. The van der Waals surface area contributed by atoms with Gasteiger partial charge in [-0.15, -0.1) is 12.3 Å². The zero-order valence-electron chi connectivity index (χ0n) is 7.80. The minimum absolute atomic E-state index is 0.0434. The topological polar surface area (TPSA) is 89.5 Å². The highest BCUT2D eigenvalue weighted by Crippen LogP contribution is 2.22. The number of aromatic hydroxyl groups is 1. The molecule has 15 heavy (non-hydrogen) atoms.